The Balaban J connectivity index is 2.11. The minimum atomic E-state index is -0.230. The maximum Gasteiger partial charge on any atom is 0.161 e. The SMILES string of the molecule is Cc1ccc(F)c(NC2=NC(C(C)C)CS2)c1. The van der Waals surface area contributed by atoms with Crippen LogP contribution in [-0.4, -0.2) is 17.0 Å². The smallest absolute Gasteiger partial charge is 0.161 e. The van der Waals surface area contributed by atoms with Crippen LogP contribution in [0.3, 0.4) is 0 Å². The average Bonchev–Trinajstić information content (AvgIpc) is 2.72. The molecule has 0 saturated carbocycles. The van der Waals surface area contributed by atoms with Gasteiger partial charge in [-0.05, 0) is 30.5 Å². The number of halogens is 1. The first kappa shape index (κ1) is 12.4. The zero-order valence-corrected chi connectivity index (χ0v) is 11.1. The summed E-state index contributed by atoms with van der Waals surface area (Å²) in [6.07, 6.45) is 0. The van der Waals surface area contributed by atoms with Crippen LogP contribution in [0.2, 0.25) is 0 Å². The van der Waals surface area contributed by atoms with E-state index in [1.807, 2.05) is 6.92 Å². The van der Waals surface area contributed by atoms with Crippen LogP contribution in [0.5, 0.6) is 0 Å². The molecule has 0 fully saturated rings. The minimum Gasteiger partial charge on any atom is -0.333 e. The number of nitrogens with one attached hydrogen (secondary N) is 1. The van der Waals surface area contributed by atoms with Gasteiger partial charge < -0.3 is 5.32 Å². The van der Waals surface area contributed by atoms with E-state index < -0.39 is 0 Å². The van der Waals surface area contributed by atoms with Crippen molar-refractivity contribution in [3.05, 3.63) is 29.6 Å². The van der Waals surface area contributed by atoms with Gasteiger partial charge in [-0.1, -0.05) is 31.7 Å². The van der Waals surface area contributed by atoms with E-state index in [0.29, 0.717) is 17.6 Å². The van der Waals surface area contributed by atoms with Crippen LogP contribution in [0, 0.1) is 18.7 Å². The molecule has 0 amide bonds. The third kappa shape index (κ3) is 3.00. The molecule has 17 heavy (non-hydrogen) atoms. The van der Waals surface area contributed by atoms with Gasteiger partial charge in [-0.25, -0.2) is 4.39 Å². The summed E-state index contributed by atoms with van der Waals surface area (Å²) in [5.74, 6) is 1.28. The van der Waals surface area contributed by atoms with Crippen LogP contribution in [0.4, 0.5) is 10.1 Å². The van der Waals surface area contributed by atoms with E-state index in [4.69, 9.17) is 0 Å². The van der Waals surface area contributed by atoms with E-state index >= 15 is 0 Å². The lowest BCUT2D eigenvalue weighted by molar-refractivity contribution is 0.543. The molecule has 0 bridgehead atoms. The number of hydrogen-bond donors (Lipinski definition) is 1. The highest BCUT2D eigenvalue weighted by Crippen LogP contribution is 2.25. The number of aliphatic imine (C=N–C) groups is 1. The van der Waals surface area contributed by atoms with Crippen molar-refractivity contribution in [1.29, 1.82) is 0 Å². The number of rotatable bonds is 2. The molecule has 0 aliphatic carbocycles. The van der Waals surface area contributed by atoms with Gasteiger partial charge in [-0.2, -0.15) is 0 Å². The molecule has 1 aromatic carbocycles. The third-order valence-corrected chi connectivity index (χ3v) is 3.80. The second-order valence-corrected chi connectivity index (χ2v) is 5.67. The molecule has 1 aromatic rings. The summed E-state index contributed by atoms with van der Waals surface area (Å²) in [5.41, 5.74) is 1.55. The van der Waals surface area contributed by atoms with Gasteiger partial charge in [0.15, 0.2) is 5.17 Å². The van der Waals surface area contributed by atoms with E-state index in [1.54, 1.807) is 23.9 Å². The number of hydrogen-bond acceptors (Lipinski definition) is 3. The Labute approximate surface area is 106 Å². The molecule has 0 spiro atoms. The zero-order valence-electron chi connectivity index (χ0n) is 10.3. The van der Waals surface area contributed by atoms with Crippen molar-refractivity contribution in [2.24, 2.45) is 10.9 Å². The van der Waals surface area contributed by atoms with E-state index in [0.717, 1.165) is 16.5 Å². The van der Waals surface area contributed by atoms with Crippen molar-refractivity contribution in [2.45, 2.75) is 26.8 Å². The molecule has 2 nitrogen and oxygen atoms in total. The van der Waals surface area contributed by atoms with Gasteiger partial charge in [0, 0.05) is 5.75 Å². The number of thioether (sulfide) groups is 1. The summed E-state index contributed by atoms with van der Waals surface area (Å²) < 4.78 is 13.6. The molecule has 0 saturated heterocycles. The van der Waals surface area contributed by atoms with Gasteiger partial charge in [-0.15, -0.1) is 0 Å². The lowest BCUT2D eigenvalue weighted by Gasteiger charge is -2.08. The maximum absolute atomic E-state index is 13.6. The fourth-order valence-electron chi connectivity index (χ4n) is 1.65. The van der Waals surface area contributed by atoms with Crippen molar-refractivity contribution < 1.29 is 4.39 Å². The molecule has 0 radical (unpaired) electrons. The Bertz CT molecular complexity index is 443. The molecule has 2 rings (SSSR count). The van der Waals surface area contributed by atoms with E-state index in [2.05, 4.69) is 24.2 Å². The average molecular weight is 252 g/mol. The molecule has 1 aliphatic rings. The number of aryl methyl sites for hydroxylation is 1. The highest BCUT2D eigenvalue weighted by atomic mass is 32.2. The lowest BCUT2D eigenvalue weighted by atomic mass is 10.1. The summed E-state index contributed by atoms with van der Waals surface area (Å²) in [6.45, 7) is 6.26. The standard InChI is InChI=1S/C13H17FN2S/c1-8(2)12-7-17-13(16-12)15-11-6-9(3)4-5-10(11)14/h4-6,8,12H,7H2,1-3H3,(H,15,16). The summed E-state index contributed by atoms with van der Waals surface area (Å²) >= 11 is 1.66. The first-order chi connectivity index (χ1) is 8.06. The first-order valence-electron chi connectivity index (χ1n) is 5.80. The maximum atomic E-state index is 13.6. The van der Waals surface area contributed by atoms with Gasteiger partial charge in [0.1, 0.15) is 5.82 Å². The first-order valence-corrected chi connectivity index (χ1v) is 6.78. The van der Waals surface area contributed by atoms with Gasteiger partial charge in [0.05, 0.1) is 11.7 Å². The monoisotopic (exact) mass is 252 g/mol. The van der Waals surface area contributed by atoms with Crippen molar-refractivity contribution in [3.63, 3.8) is 0 Å². The molecular formula is C13H17FN2S. The second kappa shape index (κ2) is 5.08. The van der Waals surface area contributed by atoms with Gasteiger partial charge in [-0.3, -0.25) is 4.99 Å². The number of benzene rings is 1. The Morgan fingerprint density at radius 1 is 1.47 bits per heavy atom. The number of amidine groups is 1. The lowest BCUT2D eigenvalue weighted by Crippen LogP contribution is -2.12. The van der Waals surface area contributed by atoms with E-state index in [-0.39, 0.29) is 5.82 Å². The van der Waals surface area contributed by atoms with Crippen LogP contribution in [0.25, 0.3) is 0 Å². The van der Waals surface area contributed by atoms with E-state index in [1.165, 1.54) is 6.07 Å². The van der Waals surface area contributed by atoms with Gasteiger partial charge in [0.2, 0.25) is 0 Å². The highest BCUT2D eigenvalue weighted by molar-refractivity contribution is 8.14. The van der Waals surface area contributed by atoms with Crippen molar-refractivity contribution in [3.8, 4) is 0 Å². The zero-order chi connectivity index (χ0) is 12.4. The molecule has 1 N–H and O–H groups in total. The normalized spacial score (nSPS) is 19.6. The van der Waals surface area contributed by atoms with Gasteiger partial charge in [0.25, 0.3) is 0 Å². The van der Waals surface area contributed by atoms with Crippen molar-refractivity contribution in [2.75, 3.05) is 11.1 Å². The summed E-state index contributed by atoms with van der Waals surface area (Å²) in [7, 11) is 0. The number of nitrogens with zero attached hydrogens (tertiary/aromatic N) is 1. The number of anilines is 1. The molecule has 1 aliphatic heterocycles. The molecule has 1 unspecified atom stereocenters. The molecular weight excluding hydrogens is 235 g/mol. The molecule has 1 heterocycles. The molecule has 4 heteroatoms. The highest BCUT2D eigenvalue weighted by Gasteiger charge is 2.21. The van der Waals surface area contributed by atoms with E-state index in [9.17, 15) is 4.39 Å². The summed E-state index contributed by atoms with van der Waals surface area (Å²) in [6, 6.07) is 5.40. The summed E-state index contributed by atoms with van der Waals surface area (Å²) in [4.78, 5) is 4.56. The molecule has 0 aromatic heterocycles. The predicted octanol–water partition coefficient (Wildman–Crippen LogP) is 3.67. The van der Waals surface area contributed by atoms with Gasteiger partial charge >= 0.3 is 0 Å². The fraction of sp³-hybridized carbons (Fsp3) is 0.462. The van der Waals surface area contributed by atoms with Crippen LogP contribution < -0.4 is 5.32 Å². The summed E-state index contributed by atoms with van der Waals surface area (Å²) in [5, 5.41) is 3.90. The quantitative estimate of drug-likeness (QED) is 0.868. The topological polar surface area (TPSA) is 24.4 Å². The third-order valence-electron chi connectivity index (χ3n) is 2.81. The largest absolute Gasteiger partial charge is 0.333 e. The van der Waals surface area contributed by atoms with Crippen molar-refractivity contribution >= 4 is 22.6 Å². The predicted molar refractivity (Wildman–Crippen MR) is 73.3 cm³/mol. The Morgan fingerprint density at radius 3 is 2.88 bits per heavy atom. The van der Waals surface area contributed by atoms with Crippen LogP contribution >= 0.6 is 11.8 Å². The Hall–Kier alpha value is -1.03. The fourth-order valence-corrected chi connectivity index (χ4v) is 2.83. The minimum absolute atomic E-state index is 0.230. The second-order valence-electron chi connectivity index (χ2n) is 4.66. The van der Waals surface area contributed by atoms with Crippen molar-refractivity contribution in [1.82, 2.24) is 0 Å². The Kier molecular flexibility index (Phi) is 3.72. The van der Waals surface area contributed by atoms with Crippen LogP contribution in [-0.2, 0) is 0 Å². The molecule has 92 valence electrons. The molecule has 1 atom stereocenters. The van der Waals surface area contributed by atoms with Crippen LogP contribution in [0.15, 0.2) is 23.2 Å². The van der Waals surface area contributed by atoms with Crippen LogP contribution in [0.1, 0.15) is 19.4 Å². The Morgan fingerprint density at radius 2 is 2.24 bits per heavy atom.